The highest BCUT2D eigenvalue weighted by Gasteiger charge is 2.22. The Morgan fingerprint density at radius 3 is 2.75 bits per heavy atom. The second-order valence-electron chi connectivity index (χ2n) is 5.14. The third kappa shape index (κ3) is 2.99. The van der Waals surface area contributed by atoms with Crippen molar-refractivity contribution in [2.45, 2.75) is 6.10 Å². The minimum Gasteiger partial charge on any atom is -0.497 e. The van der Waals surface area contributed by atoms with Crippen LogP contribution in [-0.4, -0.2) is 33.1 Å². The van der Waals surface area contributed by atoms with Crippen LogP contribution in [0, 0.1) is 10.1 Å². The highest BCUT2D eigenvalue weighted by atomic mass is 16.6. The van der Waals surface area contributed by atoms with Crippen molar-refractivity contribution >= 4 is 17.3 Å². The van der Waals surface area contributed by atoms with Gasteiger partial charge in [-0.05, 0) is 28.7 Å². The van der Waals surface area contributed by atoms with Crippen molar-refractivity contribution in [3.05, 3.63) is 64.3 Å². The molecule has 0 radical (unpaired) electrons. The molecule has 1 atom stereocenters. The summed E-state index contributed by atoms with van der Waals surface area (Å²) in [7, 11) is 1.57. The molecule has 124 valence electrons. The molecule has 8 heteroatoms. The SMILES string of the molecule is COc1ccc([C@@H](O)CNc2nc3ccccn3c2[N+](=O)[O-])cc1. The van der Waals surface area contributed by atoms with Crippen LogP contribution in [0.3, 0.4) is 0 Å². The van der Waals surface area contributed by atoms with E-state index < -0.39 is 11.0 Å². The summed E-state index contributed by atoms with van der Waals surface area (Å²) in [6.07, 6.45) is 0.742. The van der Waals surface area contributed by atoms with Crippen LogP contribution in [0.2, 0.25) is 0 Å². The maximum atomic E-state index is 11.3. The summed E-state index contributed by atoms with van der Waals surface area (Å²) >= 11 is 0. The van der Waals surface area contributed by atoms with Gasteiger partial charge in [-0.2, -0.15) is 9.38 Å². The molecule has 3 rings (SSSR count). The molecule has 2 heterocycles. The highest BCUT2D eigenvalue weighted by molar-refractivity contribution is 5.62. The molecule has 0 fully saturated rings. The number of hydrogen-bond donors (Lipinski definition) is 2. The number of imidazole rings is 1. The van der Waals surface area contributed by atoms with Crippen LogP contribution in [-0.2, 0) is 0 Å². The number of aliphatic hydroxyl groups is 1. The van der Waals surface area contributed by atoms with Gasteiger partial charge in [0.25, 0.3) is 0 Å². The second kappa shape index (κ2) is 6.55. The third-order valence-corrected chi connectivity index (χ3v) is 3.64. The number of rotatable bonds is 6. The molecule has 2 aromatic heterocycles. The van der Waals surface area contributed by atoms with Crippen LogP contribution >= 0.6 is 0 Å². The van der Waals surface area contributed by atoms with Gasteiger partial charge in [0.15, 0.2) is 0 Å². The lowest BCUT2D eigenvalue weighted by Gasteiger charge is -2.12. The van der Waals surface area contributed by atoms with Gasteiger partial charge in [-0.1, -0.05) is 18.2 Å². The van der Waals surface area contributed by atoms with E-state index in [1.165, 1.54) is 4.40 Å². The molecule has 0 aliphatic heterocycles. The van der Waals surface area contributed by atoms with E-state index in [-0.39, 0.29) is 18.2 Å². The van der Waals surface area contributed by atoms with Gasteiger partial charge in [0.05, 0.1) is 19.4 Å². The van der Waals surface area contributed by atoms with Crippen LogP contribution in [0.1, 0.15) is 11.7 Å². The molecule has 0 unspecified atom stereocenters. The van der Waals surface area contributed by atoms with Crippen molar-refractivity contribution in [3.63, 3.8) is 0 Å². The number of methoxy groups -OCH3 is 1. The van der Waals surface area contributed by atoms with Crippen LogP contribution in [0.15, 0.2) is 48.7 Å². The number of ether oxygens (including phenoxy) is 1. The fourth-order valence-electron chi connectivity index (χ4n) is 2.41. The summed E-state index contributed by atoms with van der Waals surface area (Å²) in [6.45, 7) is 0.0943. The predicted octanol–water partition coefficient (Wildman–Crippen LogP) is 2.40. The molecule has 0 bridgehead atoms. The van der Waals surface area contributed by atoms with E-state index in [1.54, 1.807) is 55.8 Å². The fraction of sp³-hybridized carbons (Fsp3) is 0.188. The van der Waals surface area contributed by atoms with E-state index in [1.807, 2.05) is 0 Å². The smallest absolute Gasteiger partial charge is 0.372 e. The lowest BCUT2D eigenvalue weighted by Crippen LogP contribution is -2.13. The number of aromatic nitrogens is 2. The summed E-state index contributed by atoms with van der Waals surface area (Å²) < 4.78 is 6.46. The van der Waals surface area contributed by atoms with Gasteiger partial charge in [-0.15, -0.1) is 0 Å². The zero-order valence-electron chi connectivity index (χ0n) is 12.9. The van der Waals surface area contributed by atoms with Gasteiger partial charge < -0.3 is 25.3 Å². The third-order valence-electron chi connectivity index (χ3n) is 3.64. The lowest BCUT2D eigenvalue weighted by atomic mass is 10.1. The summed E-state index contributed by atoms with van der Waals surface area (Å²) in [5.41, 5.74) is 1.14. The summed E-state index contributed by atoms with van der Waals surface area (Å²) in [6, 6.07) is 12.1. The molecule has 3 aromatic rings. The fourth-order valence-corrected chi connectivity index (χ4v) is 2.41. The Morgan fingerprint density at radius 2 is 2.08 bits per heavy atom. The highest BCUT2D eigenvalue weighted by Crippen LogP contribution is 2.26. The molecule has 0 aliphatic rings. The van der Waals surface area contributed by atoms with Crippen molar-refractivity contribution in [2.75, 3.05) is 19.0 Å². The van der Waals surface area contributed by atoms with Gasteiger partial charge in [-0.3, -0.25) is 0 Å². The molecular weight excluding hydrogens is 312 g/mol. The van der Waals surface area contributed by atoms with Crippen molar-refractivity contribution in [2.24, 2.45) is 0 Å². The quantitative estimate of drug-likeness (QED) is 0.532. The minimum absolute atomic E-state index is 0.0943. The zero-order chi connectivity index (χ0) is 17.1. The summed E-state index contributed by atoms with van der Waals surface area (Å²) in [5.74, 6) is 0.654. The molecule has 0 spiro atoms. The van der Waals surface area contributed by atoms with E-state index in [0.29, 0.717) is 17.0 Å². The Labute approximate surface area is 137 Å². The first kappa shape index (κ1) is 15.8. The number of pyridine rings is 1. The first-order valence-electron chi connectivity index (χ1n) is 7.27. The van der Waals surface area contributed by atoms with Crippen LogP contribution in [0.5, 0.6) is 5.75 Å². The molecule has 0 saturated carbocycles. The van der Waals surface area contributed by atoms with Crippen LogP contribution in [0.4, 0.5) is 11.6 Å². The van der Waals surface area contributed by atoms with Crippen molar-refractivity contribution in [1.82, 2.24) is 9.38 Å². The van der Waals surface area contributed by atoms with Crippen LogP contribution < -0.4 is 10.1 Å². The van der Waals surface area contributed by atoms with Crippen molar-refractivity contribution < 1.29 is 14.8 Å². The molecule has 1 aromatic carbocycles. The Morgan fingerprint density at radius 1 is 1.33 bits per heavy atom. The van der Waals surface area contributed by atoms with Gasteiger partial charge in [-0.25, -0.2) is 0 Å². The first-order chi connectivity index (χ1) is 11.6. The lowest BCUT2D eigenvalue weighted by molar-refractivity contribution is -0.389. The number of nitro groups is 1. The zero-order valence-corrected chi connectivity index (χ0v) is 12.9. The number of nitrogens with one attached hydrogen (secondary N) is 1. The topological polar surface area (TPSA) is 102 Å². The predicted molar refractivity (Wildman–Crippen MR) is 88.3 cm³/mol. The number of hydrogen-bond acceptors (Lipinski definition) is 6. The summed E-state index contributed by atoms with van der Waals surface area (Å²) in [5, 5.41) is 24.4. The Balaban J connectivity index is 1.79. The summed E-state index contributed by atoms with van der Waals surface area (Å²) in [4.78, 5) is 15.0. The van der Waals surface area contributed by atoms with E-state index in [4.69, 9.17) is 4.74 Å². The monoisotopic (exact) mass is 328 g/mol. The number of anilines is 1. The molecule has 0 aliphatic carbocycles. The Bertz CT molecular complexity index is 860. The van der Waals surface area contributed by atoms with Gasteiger partial charge in [0.2, 0.25) is 11.5 Å². The molecule has 8 nitrogen and oxygen atoms in total. The first-order valence-corrected chi connectivity index (χ1v) is 7.27. The standard InChI is InChI=1S/C16H16N4O4/c1-24-12-7-5-11(6-8-12)13(21)10-17-15-16(20(22)23)19-9-3-2-4-14(19)18-15/h2-9,13,17,21H,10H2,1H3/t13-/m0/s1. The average molecular weight is 328 g/mol. The average Bonchev–Trinajstić information content (AvgIpc) is 2.98. The maximum absolute atomic E-state index is 11.3. The normalized spacial score (nSPS) is 12.1. The van der Waals surface area contributed by atoms with Gasteiger partial charge >= 0.3 is 5.82 Å². The molecule has 0 amide bonds. The number of fused-ring (bicyclic) bond motifs is 1. The number of nitrogens with zero attached hydrogens (tertiary/aromatic N) is 3. The van der Waals surface area contributed by atoms with E-state index in [2.05, 4.69) is 10.3 Å². The largest absolute Gasteiger partial charge is 0.497 e. The van der Waals surface area contributed by atoms with Crippen molar-refractivity contribution in [1.29, 1.82) is 0 Å². The molecular formula is C16H16N4O4. The Hall–Kier alpha value is -3.13. The van der Waals surface area contributed by atoms with Gasteiger partial charge in [0, 0.05) is 12.6 Å². The van der Waals surface area contributed by atoms with Crippen molar-refractivity contribution in [3.8, 4) is 5.75 Å². The number of benzene rings is 1. The van der Waals surface area contributed by atoms with Gasteiger partial charge in [0.1, 0.15) is 5.75 Å². The van der Waals surface area contributed by atoms with E-state index >= 15 is 0 Å². The molecule has 24 heavy (non-hydrogen) atoms. The Kier molecular flexibility index (Phi) is 4.30. The van der Waals surface area contributed by atoms with Crippen LogP contribution in [0.25, 0.3) is 5.65 Å². The van der Waals surface area contributed by atoms with E-state index in [0.717, 1.165) is 0 Å². The van der Waals surface area contributed by atoms with E-state index in [9.17, 15) is 15.2 Å². The second-order valence-corrected chi connectivity index (χ2v) is 5.14. The molecule has 2 N–H and O–H groups in total. The maximum Gasteiger partial charge on any atom is 0.372 e. The minimum atomic E-state index is -0.833. The molecule has 0 saturated heterocycles. The number of aliphatic hydroxyl groups excluding tert-OH is 1.